The third-order valence-electron chi connectivity index (χ3n) is 10.9. The van der Waals surface area contributed by atoms with E-state index < -0.39 is 37.2 Å². The summed E-state index contributed by atoms with van der Waals surface area (Å²) in [7, 11) is -7.76. The Bertz CT molecular complexity index is 3130. The van der Waals surface area contributed by atoms with Crippen LogP contribution in [0.25, 0.3) is 23.2 Å². The van der Waals surface area contributed by atoms with Crippen LogP contribution < -0.4 is 13.1 Å². The third-order valence-corrected chi connectivity index (χ3v) is 13.5. The van der Waals surface area contributed by atoms with Gasteiger partial charge in [-0.15, -0.1) is 0 Å². The molecule has 2 aliphatic rings. The van der Waals surface area contributed by atoms with Crippen LogP contribution in [0, 0.1) is 27.7 Å². The van der Waals surface area contributed by atoms with Gasteiger partial charge in [-0.05, 0) is 110 Å². The Balaban J connectivity index is 1.31. The first-order chi connectivity index (χ1) is 28.9. The summed E-state index contributed by atoms with van der Waals surface area (Å²) in [5.74, 6) is -1.27. The molecule has 0 spiro atoms. The summed E-state index contributed by atoms with van der Waals surface area (Å²) in [6.45, 7) is 8.82. The Labute approximate surface area is 351 Å². The number of nitrogens with zero attached hydrogens (tertiary/aromatic N) is 4. The molecular formula is C45H36N4O10S2. The first-order valence-corrected chi connectivity index (χ1v) is 21.3. The Hall–Kier alpha value is -7.22. The number of carbonyl (C=O) groups is 2. The summed E-state index contributed by atoms with van der Waals surface area (Å²) < 4.78 is 72.6. The van der Waals surface area contributed by atoms with Gasteiger partial charge in [0.1, 0.15) is 21.3 Å². The van der Waals surface area contributed by atoms with Crippen LogP contribution in [0.15, 0.2) is 101 Å². The van der Waals surface area contributed by atoms with Crippen molar-refractivity contribution in [3.8, 4) is 23.0 Å². The van der Waals surface area contributed by atoms with Gasteiger partial charge in [0.2, 0.25) is 0 Å². The molecule has 0 amide bonds. The fraction of sp³-hybridized carbons (Fsp3) is 0.156. The number of ketones is 2. The Morgan fingerprint density at radius 1 is 0.590 bits per heavy atom. The normalized spacial score (nSPS) is 14.4. The minimum atomic E-state index is -4.58. The van der Waals surface area contributed by atoms with Crippen molar-refractivity contribution in [3.05, 3.63) is 163 Å². The van der Waals surface area contributed by atoms with E-state index in [1.807, 2.05) is 19.1 Å². The molecule has 1 atom stereocenters. The highest BCUT2D eigenvalue weighted by molar-refractivity contribution is 7.87. The van der Waals surface area contributed by atoms with Crippen LogP contribution in [0.5, 0.6) is 23.0 Å². The van der Waals surface area contributed by atoms with Crippen molar-refractivity contribution in [1.82, 2.24) is 0 Å². The number of benzene rings is 5. The second-order valence-corrected chi connectivity index (χ2v) is 17.7. The van der Waals surface area contributed by atoms with E-state index in [9.17, 15) is 42.6 Å². The summed E-state index contributed by atoms with van der Waals surface area (Å²) in [6.07, 6.45) is 5.14. The topological polar surface area (TPSA) is 223 Å². The molecule has 0 saturated carbocycles. The molecule has 1 N–H and O–H groups in total. The Morgan fingerprint density at radius 3 is 1.51 bits per heavy atom. The molecule has 308 valence electrons. The molecule has 0 aromatic heterocycles. The number of ether oxygens (including phenoxy) is 1. The van der Waals surface area contributed by atoms with E-state index in [1.54, 1.807) is 52.0 Å². The highest BCUT2D eigenvalue weighted by Crippen LogP contribution is 2.46. The number of hydrogen-bond donors (Lipinski definition) is 1. The standard InChI is InChI=1S/C45H36N4O10S2/c1-24-19-29(20-25(2)41(24)50)45(5,28-13-18-37(38(23-28)57-6)58-60(53,54)39-11-7-9-33-31(39)14-16-35(48-46)42(33)51)30-21-26(3)44(27(4)22-30)59-61(55,56)40-12-8-10-34-32(40)15-17-36(49-47)43(34)52/h7-23,50H,1-6H3. The van der Waals surface area contributed by atoms with Gasteiger partial charge in [0.25, 0.3) is 11.6 Å². The molecule has 14 nitrogen and oxygen atoms in total. The predicted octanol–water partition coefficient (Wildman–Crippen LogP) is 7.28. The fourth-order valence-electron chi connectivity index (χ4n) is 7.65. The Morgan fingerprint density at radius 2 is 1.05 bits per heavy atom. The molecular weight excluding hydrogens is 821 g/mol. The number of rotatable bonds is 10. The number of allylic oxidation sites excluding steroid dienone is 2. The molecule has 0 bridgehead atoms. The average Bonchev–Trinajstić information content (AvgIpc) is 3.23. The molecule has 0 radical (unpaired) electrons. The molecule has 5 aromatic carbocycles. The van der Waals surface area contributed by atoms with Crippen LogP contribution in [0.1, 0.15) is 77.7 Å². The highest BCUT2D eigenvalue weighted by atomic mass is 32.2. The minimum Gasteiger partial charge on any atom is -0.507 e. The number of fused-ring (bicyclic) bond motifs is 2. The van der Waals surface area contributed by atoms with E-state index in [1.165, 1.54) is 73.9 Å². The van der Waals surface area contributed by atoms with Crippen LogP contribution in [0.4, 0.5) is 0 Å². The van der Waals surface area contributed by atoms with Crippen molar-refractivity contribution in [2.75, 3.05) is 7.11 Å². The zero-order valence-electron chi connectivity index (χ0n) is 33.5. The molecule has 1 unspecified atom stereocenters. The Kier molecular flexibility index (Phi) is 10.6. The quantitative estimate of drug-likeness (QED) is 0.0639. The monoisotopic (exact) mass is 856 g/mol. The van der Waals surface area contributed by atoms with Crippen molar-refractivity contribution >= 4 is 55.4 Å². The van der Waals surface area contributed by atoms with Gasteiger partial charge in [-0.25, -0.2) is 0 Å². The summed E-state index contributed by atoms with van der Waals surface area (Å²) in [5.41, 5.74) is 21.1. The van der Waals surface area contributed by atoms with E-state index in [0.29, 0.717) is 33.4 Å². The number of carbonyl (C=O) groups excluding carboxylic acids is 2. The molecule has 0 aliphatic heterocycles. The molecule has 0 heterocycles. The largest absolute Gasteiger partial charge is 0.507 e. The summed E-state index contributed by atoms with van der Waals surface area (Å²) in [6, 6.07) is 20.1. The summed E-state index contributed by atoms with van der Waals surface area (Å²) in [4.78, 5) is 31.0. The first-order valence-electron chi connectivity index (χ1n) is 18.5. The number of phenolic OH excluding ortho intramolecular Hbond substituents is 1. The lowest BCUT2D eigenvalue weighted by atomic mass is 9.69. The summed E-state index contributed by atoms with van der Waals surface area (Å²) in [5, 5.41) is 10.8. The second kappa shape index (κ2) is 15.4. The van der Waals surface area contributed by atoms with E-state index in [0.717, 1.165) is 5.56 Å². The second-order valence-electron chi connectivity index (χ2n) is 14.7. The van der Waals surface area contributed by atoms with E-state index in [4.69, 9.17) is 13.1 Å². The van der Waals surface area contributed by atoms with Gasteiger partial charge >= 0.3 is 31.7 Å². The van der Waals surface area contributed by atoms with Gasteiger partial charge in [0.15, 0.2) is 11.5 Å². The zero-order chi connectivity index (χ0) is 44.2. The first kappa shape index (κ1) is 41.9. The lowest BCUT2D eigenvalue weighted by molar-refractivity contribution is -0.00459. The SMILES string of the molecule is COc1cc(C(C)(c2cc(C)c(O)c(C)c2)c2cc(C)c(OS(=O)(=O)c3cccc4c3C=CC(=[N+]=[N-])C4=O)c(C)c2)ccc1OS(=O)(=O)c1cccc2c1C=CC(=[N+]=[N-])C2=O. The van der Waals surface area contributed by atoms with Gasteiger partial charge < -0.3 is 29.3 Å². The lowest BCUT2D eigenvalue weighted by Gasteiger charge is -2.34. The number of aryl methyl sites for hydroxylation is 4. The molecule has 0 fully saturated rings. The van der Waals surface area contributed by atoms with E-state index >= 15 is 0 Å². The molecule has 0 saturated heterocycles. The molecule has 16 heteroatoms. The lowest BCUT2D eigenvalue weighted by Crippen LogP contribution is -2.26. The summed E-state index contributed by atoms with van der Waals surface area (Å²) >= 11 is 0. The number of methoxy groups -OCH3 is 1. The number of phenols is 1. The molecule has 5 aromatic rings. The molecule has 2 aliphatic carbocycles. The molecule has 61 heavy (non-hydrogen) atoms. The van der Waals surface area contributed by atoms with E-state index in [2.05, 4.69) is 9.58 Å². The van der Waals surface area contributed by atoms with Gasteiger partial charge in [-0.3, -0.25) is 9.59 Å². The van der Waals surface area contributed by atoms with Crippen molar-refractivity contribution in [2.45, 2.75) is 49.8 Å². The minimum absolute atomic E-state index is 0.0116. The van der Waals surface area contributed by atoms with Gasteiger partial charge in [-0.2, -0.15) is 26.4 Å². The van der Waals surface area contributed by atoms with Crippen molar-refractivity contribution in [3.63, 3.8) is 0 Å². The maximum Gasteiger partial charge on any atom is 0.362 e. The smallest absolute Gasteiger partial charge is 0.362 e. The number of Topliss-reactive ketones (excluding diaryl/α,β-unsaturated/α-hetero) is 2. The van der Waals surface area contributed by atoms with Crippen LogP contribution in [0.3, 0.4) is 0 Å². The number of hydrogen-bond acceptors (Lipinski definition) is 10. The van der Waals surface area contributed by atoms with Crippen molar-refractivity contribution in [2.24, 2.45) is 0 Å². The van der Waals surface area contributed by atoms with Crippen LogP contribution in [-0.2, 0) is 25.7 Å². The number of aromatic hydroxyl groups is 1. The van der Waals surface area contributed by atoms with Crippen molar-refractivity contribution in [1.29, 1.82) is 0 Å². The maximum atomic E-state index is 13.9. The maximum absolute atomic E-state index is 13.9. The van der Waals surface area contributed by atoms with Crippen LogP contribution in [0.2, 0.25) is 0 Å². The predicted molar refractivity (Wildman–Crippen MR) is 225 cm³/mol. The third kappa shape index (κ3) is 7.17. The average molecular weight is 857 g/mol. The van der Waals surface area contributed by atoms with Crippen LogP contribution in [-0.4, -0.2) is 61.6 Å². The fourth-order valence-corrected chi connectivity index (χ4v) is 10.1. The van der Waals surface area contributed by atoms with Gasteiger partial charge in [-0.1, -0.05) is 54.6 Å². The van der Waals surface area contributed by atoms with Gasteiger partial charge in [0.05, 0.1) is 7.11 Å². The highest BCUT2D eigenvalue weighted by Gasteiger charge is 2.37. The zero-order valence-corrected chi connectivity index (χ0v) is 35.2. The van der Waals surface area contributed by atoms with E-state index in [-0.39, 0.29) is 66.5 Å². The van der Waals surface area contributed by atoms with Crippen molar-refractivity contribution < 1.29 is 54.2 Å². The van der Waals surface area contributed by atoms with Gasteiger partial charge in [0, 0.05) is 39.8 Å². The molecule has 7 rings (SSSR count). The van der Waals surface area contributed by atoms with Crippen LogP contribution >= 0.6 is 0 Å².